The van der Waals surface area contributed by atoms with Gasteiger partial charge in [0.2, 0.25) is 0 Å². The molecule has 3 nitrogen and oxygen atoms in total. The summed E-state index contributed by atoms with van der Waals surface area (Å²) in [6.45, 7) is 5.00. The van der Waals surface area contributed by atoms with Crippen LogP contribution in [0.25, 0.3) is 0 Å². The number of ether oxygens (including phenoxy) is 1. The number of fused-ring (bicyclic) bond motifs is 1. The summed E-state index contributed by atoms with van der Waals surface area (Å²) < 4.78 is 5.39. The molecule has 1 fully saturated rings. The van der Waals surface area contributed by atoms with E-state index in [-0.39, 0.29) is 0 Å². The summed E-state index contributed by atoms with van der Waals surface area (Å²) in [6.07, 6.45) is 7.81. The van der Waals surface area contributed by atoms with E-state index >= 15 is 0 Å². The van der Waals surface area contributed by atoms with E-state index in [1.54, 1.807) is 7.11 Å². The Balaban J connectivity index is 1.52. The fourth-order valence-electron chi connectivity index (χ4n) is 3.70. The first kappa shape index (κ1) is 14.9. The highest BCUT2D eigenvalue weighted by atomic mass is 16.5. The Morgan fingerprint density at radius 3 is 2.90 bits per heavy atom. The van der Waals surface area contributed by atoms with Gasteiger partial charge in [-0.15, -0.1) is 0 Å². The molecule has 0 bridgehead atoms. The molecule has 1 aromatic carbocycles. The third-order valence-corrected chi connectivity index (χ3v) is 4.91. The van der Waals surface area contributed by atoms with Gasteiger partial charge >= 0.3 is 0 Å². The van der Waals surface area contributed by atoms with E-state index in [2.05, 4.69) is 28.4 Å². The van der Waals surface area contributed by atoms with Crippen molar-refractivity contribution >= 4 is 0 Å². The summed E-state index contributed by atoms with van der Waals surface area (Å²) in [5.74, 6) is 0.986. The standard InChI is InChI=1S/C18H28N2O/c1-21-16-9-8-15-6-4-7-18(17(15)14-16)19-10-5-13-20-11-2-3-12-20/h8-9,14,18-19H,2-7,10-13H2,1H3. The first-order valence-corrected chi connectivity index (χ1v) is 8.49. The average Bonchev–Trinajstić information content (AvgIpc) is 3.04. The molecule has 0 aromatic heterocycles. The highest BCUT2D eigenvalue weighted by Crippen LogP contribution is 2.32. The van der Waals surface area contributed by atoms with Crippen LogP contribution in [0.2, 0.25) is 0 Å². The van der Waals surface area contributed by atoms with Crippen LogP contribution >= 0.6 is 0 Å². The molecule has 0 amide bonds. The number of methoxy groups -OCH3 is 1. The summed E-state index contributed by atoms with van der Waals surface area (Å²) >= 11 is 0. The number of nitrogens with one attached hydrogen (secondary N) is 1. The van der Waals surface area contributed by atoms with Gasteiger partial charge in [0.05, 0.1) is 7.11 Å². The van der Waals surface area contributed by atoms with Gasteiger partial charge in [-0.1, -0.05) is 6.07 Å². The van der Waals surface area contributed by atoms with E-state index in [1.807, 2.05) is 0 Å². The van der Waals surface area contributed by atoms with Crippen molar-refractivity contribution in [3.8, 4) is 5.75 Å². The number of aryl methyl sites for hydroxylation is 1. The first-order chi connectivity index (χ1) is 10.4. The largest absolute Gasteiger partial charge is 0.497 e. The van der Waals surface area contributed by atoms with E-state index in [1.165, 1.54) is 69.3 Å². The Kier molecular flexibility index (Phi) is 5.15. The van der Waals surface area contributed by atoms with Crippen molar-refractivity contribution < 1.29 is 4.74 Å². The lowest BCUT2D eigenvalue weighted by Crippen LogP contribution is -2.29. The molecule has 1 saturated heterocycles. The van der Waals surface area contributed by atoms with Crippen LogP contribution in [0.1, 0.15) is 49.3 Å². The summed E-state index contributed by atoms with van der Waals surface area (Å²) in [4.78, 5) is 2.60. The lowest BCUT2D eigenvalue weighted by molar-refractivity contribution is 0.325. The van der Waals surface area contributed by atoms with Crippen molar-refractivity contribution in [1.29, 1.82) is 0 Å². The molecule has 0 saturated carbocycles. The molecule has 0 spiro atoms. The van der Waals surface area contributed by atoms with Crippen molar-refractivity contribution in [2.24, 2.45) is 0 Å². The lowest BCUT2D eigenvalue weighted by atomic mass is 9.87. The van der Waals surface area contributed by atoms with Gasteiger partial charge in [0, 0.05) is 6.04 Å². The molecule has 1 unspecified atom stereocenters. The number of hydrogen-bond donors (Lipinski definition) is 1. The third kappa shape index (κ3) is 3.78. The fourth-order valence-corrected chi connectivity index (χ4v) is 3.70. The summed E-state index contributed by atoms with van der Waals surface area (Å²) in [5.41, 5.74) is 2.96. The number of likely N-dealkylation sites (tertiary alicyclic amines) is 1. The normalized spacial score (nSPS) is 22.2. The third-order valence-electron chi connectivity index (χ3n) is 4.91. The molecule has 1 N–H and O–H groups in total. The second-order valence-electron chi connectivity index (χ2n) is 6.37. The quantitative estimate of drug-likeness (QED) is 0.814. The van der Waals surface area contributed by atoms with Gasteiger partial charge in [-0.05, 0) is 88.0 Å². The van der Waals surface area contributed by atoms with Crippen molar-refractivity contribution in [3.05, 3.63) is 29.3 Å². The zero-order valence-corrected chi connectivity index (χ0v) is 13.2. The Labute approximate surface area is 128 Å². The molecule has 116 valence electrons. The zero-order valence-electron chi connectivity index (χ0n) is 13.2. The van der Waals surface area contributed by atoms with E-state index in [9.17, 15) is 0 Å². The highest BCUT2D eigenvalue weighted by molar-refractivity contribution is 5.39. The van der Waals surface area contributed by atoms with Gasteiger partial charge in [-0.25, -0.2) is 0 Å². The molecule has 1 aromatic rings. The van der Waals surface area contributed by atoms with Crippen molar-refractivity contribution in [1.82, 2.24) is 10.2 Å². The second-order valence-corrected chi connectivity index (χ2v) is 6.37. The first-order valence-electron chi connectivity index (χ1n) is 8.49. The van der Waals surface area contributed by atoms with Gasteiger partial charge in [0.15, 0.2) is 0 Å². The maximum Gasteiger partial charge on any atom is 0.119 e. The molecule has 2 aliphatic rings. The molecule has 0 radical (unpaired) electrons. The topological polar surface area (TPSA) is 24.5 Å². The molecule has 1 aliphatic carbocycles. The minimum Gasteiger partial charge on any atom is -0.497 e. The van der Waals surface area contributed by atoms with Crippen LogP contribution in [0.5, 0.6) is 5.75 Å². The van der Waals surface area contributed by atoms with Crippen LogP contribution in [0.3, 0.4) is 0 Å². The molecule has 1 heterocycles. The van der Waals surface area contributed by atoms with Crippen LogP contribution in [-0.4, -0.2) is 38.2 Å². The highest BCUT2D eigenvalue weighted by Gasteiger charge is 2.20. The van der Waals surface area contributed by atoms with Gasteiger partial charge in [0.1, 0.15) is 5.75 Å². The van der Waals surface area contributed by atoms with Crippen LogP contribution in [0, 0.1) is 0 Å². The molecule has 21 heavy (non-hydrogen) atoms. The molecule has 1 atom stereocenters. The SMILES string of the molecule is COc1ccc2c(c1)C(NCCCN1CCCC1)CCC2. The Bertz CT molecular complexity index is 455. The minimum absolute atomic E-state index is 0.516. The maximum atomic E-state index is 5.39. The molecule has 3 rings (SSSR count). The zero-order chi connectivity index (χ0) is 14.5. The lowest BCUT2D eigenvalue weighted by Gasteiger charge is -2.27. The van der Waals surface area contributed by atoms with Crippen LogP contribution in [0.4, 0.5) is 0 Å². The van der Waals surface area contributed by atoms with Gasteiger partial charge in [0.25, 0.3) is 0 Å². The smallest absolute Gasteiger partial charge is 0.119 e. The Hall–Kier alpha value is -1.06. The minimum atomic E-state index is 0.516. The summed E-state index contributed by atoms with van der Waals surface area (Å²) in [5, 5.41) is 3.77. The van der Waals surface area contributed by atoms with E-state index in [0.717, 1.165) is 12.3 Å². The molecule has 3 heteroatoms. The number of rotatable bonds is 6. The number of benzene rings is 1. The van der Waals surface area contributed by atoms with E-state index in [4.69, 9.17) is 4.74 Å². The monoisotopic (exact) mass is 288 g/mol. The molecule has 1 aliphatic heterocycles. The number of hydrogen-bond acceptors (Lipinski definition) is 3. The fraction of sp³-hybridized carbons (Fsp3) is 0.667. The van der Waals surface area contributed by atoms with Crippen LogP contribution in [0.15, 0.2) is 18.2 Å². The Morgan fingerprint density at radius 2 is 2.10 bits per heavy atom. The van der Waals surface area contributed by atoms with Gasteiger partial charge < -0.3 is 15.0 Å². The van der Waals surface area contributed by atoms with Crippen molar-refractivity contribution in [3.63, 3.8) is 0 Å². The predicted molar refractivity (Wildman–Crippen MR) is 87.0 cm³/mol. The molecular weight excluding hydrogens is 260 g/mol. The molecular formula is C18H28N2O. The van der Waals surface area contributed by atoms with Gasteiger partial charge in [-0.2, -0.15) is 0 Å². The van der Waals surface area contributed by atoms with E-state index < -0.39 is 0 Å². The Morgan fingerprint density at radius 1 is 1.24 bits per heavy atom. The predicted octanol–water partition coefficient (Wildman–Crippen LogP) is 3.15. The second kappa shape index (κ2) is 7.28. The van der Waals surface area contributed by atoms with Crippen molar-refractivity contribution in [2.75, 3.05) is 33.3 Å². The number of nitrogens with zero attached hydrogens (tertiary/aromatic N) is 1. The van der Waals surface area contributed by atoms with Crippen LogP contribution in [-0.2, 0) is 6.42 Å². The summed E-state index contributed by atoms with van der Waals surface area (Å²) in [6, 6.07) is 7.08. The van der Waals surface area contributed by atoms with Gasteiger partial charge in [-0.3, -0.25) is 0 Å². The summed E-state index contributed by atoms with van der Waals surface area (Å²) in [7, 11) is 1.75. The van der Waals surface area contributed by atoms with Crippen LogP contribution < -0.4 is 10.1 Å². The maximum absolute atomic E-state index is 5.39. The van der Waals surface area contributed by atoms with E-state index in [0.29, 0.717) is 6.04 Å². The average molecular weight is 288 g/mol. The van der Waals surface area contributed by atoms with Crippen molar-refractivity contribution in [2.45, 2.75) is 44.6 Å².